The highest BCUT2D eigenvalue weighted by atomic mass is 16.5. The van der Waals surface area contributed by atoms with E-state index in [0.29, 0.717) is 0 Å². The molecule has 80 valence electrons. The van der Waals surface area contributed by atoms with Gasteiger partial charge < -0.3 is 4.74 Å². The van der Waals surface area contributed by atoms with Gasteiger partial charge >= 0.3 is 5.78 Å². The number of benzene rings is 1. The van der Waals surface area contributed by atoms with Gasteiger partial charge in [-0.3, -0.25) is 4.79 Å². The van der Waals surface area contributed by atoms with Crippen LogP contribution in [0.5, 0.6) is 5.75 Å². The second kappa shape index (κ2) is 4.62. The third kappa shape index (κ3) is 2.48. The number of allylic oxidation sites excluding steroid dienone is 5. The Kier molecular flexibility index (Phi) is 3.01. The molecule has 0 radical (unpaired) electrons. The smallest absolute Gasteiger partial charge is 0.340 e. The highest BCUT2D eigenvalue weighted by molar-refractivity contribution is 6.02. The zero-order valence-electron chi connectivity index (χ0n) is 9.05. The summed E-state index contributed by atoms with van der Waals surface area (Å²) < 4.78 is 5.09. The number of hydrogen-bond donors (Lipinski definition) is 0. The molecule has 0 unspecified atom stereocenters. The highest BCUT2D eigenvalue weighted by Gasteiger charge is 2.03. The van der Waals surface area contributed by atoms with E-state index >= 15 is 0 Å². The Hall–Kier alpha value is -2.09. The first kappa shape index (κ1) is 10.4. The topological polar surface area (TPSA) is 30.6 Å². The van der Waals surface area contributed by atoms with Gasteiger partial charge in [-0.1, -0.05) is 12.1 Å². The van der Waals surface area contributed by atoms with Gasteiger partial charge in [0.15, 0.2) is 0 Å². The number of hydrogen-bond acceptors (Lipinski definition) is 1. The lowest BCUT2D eigenvalue weighted by molar-refractivity contribution is 0.415. The summed E-state index contributed by atoms with van der Waals surface area (Å²) >= 11 is 0. The van der Waals surface area contributed by atoms with Gasteiger partial charge in [0.25, 0.3) is 0 Å². The summed E-state index contributed by atoms with van der Waals surface area (Å²) in [5, 5.41) is 0. The molecule has 1 aromatic rings. The Bertz CT molecular complexity index is 458. The maximum atomic E-state index is 9.16. The molecule has 16 heavy (non-hydrogen) atoms. The van der Waals surface area contributed by atoms with Crippen molar-refractivity contribution in [2.75, 3.05) is 7.11 Å². The van der Waals surface area contributed by atoms with Crippen LogP contribution >= 0.6 is 0 Å². The minimum Gasteiger partial charge on any atom is -0.497 e. The van der Waals surface area contributed by atoms with Crippen LogP contribution in [0, 0.1) is 0 Å². The molecule has 2 rings (SSSR count). The highest BCUT2D eigenvalue weighted by Crippen LogP contribution is 2.16. The lowest BCUT2D eigenvalue weighted by Crippen LogP contribution is -1.91. The van der Waals surface area contributed by atoms with Crippen molar-refractivity contribution >= 4 is 11.9 Å². The molecule has 0 heterocycles. The van der Waals surface area contributed by atoms with Crippen LogP contribution in [-0.4, -0.2) is 17.7 Å². The van der Waals surface area contributed by atoms with Gasteiger partial charge in [-0.25, -0.2) is 0 Å². The van der Waals surface area contributed by atoms with Gasteiger partial charge in [-0.05, 0) is 41.5 Å². The van der Waals surface area contributed by atoms with Crippen molar-refractivity contribution in [1.82, 2.24) is 0 Å². The molecule has 0 fully saturated rings. The van der Waals surface area contributed by atoms with E-state index in [1.807, 2.05) is 42.5 Å². The first-order valence-corrected chi connectivity index (χ1v) is 5.06. The summed E-state index contributed by atoms with van der Waals surface area (Å²) in [7, 11) is 1.65. The average molecular weight is 213 g/mol. The fourth-order valence-electron chi connectivity index (χ4n) is 1.46. The summed E-state index contributed by atoms with van der Waals surface area (Å²) in [4.78, 5) is 9.16. The van der Waals surface area contributed by atoms with Crippen LogP contribution in [0.1, 0.15) is 5.56 Å². The van der Waals surface area contributed by atoms with Gasteiger partial charge in [0.1, 0.15) is 5.75 Å². The van der Waals surface area contributed by atoms with E-state index in [2.05, 4.69) is 0 Å². The van der Waals surface area contributed by atoms with Crippen molar-refractivity contribution in [1.29, 1.82) is 0 Å². The molecular formula is C14H13O2+. The normalized spacial score (nSPS) is 14.1. The lowest BCUT2D eigenvalue weighted by atomic mass is 10.1. The molecule has 1 N–H and O–H groups in total. The Balaban J connectivity index is 2.20. The Morgan fingerprint density at radius 1 is 1.00 bits per heavy atom. The van der Waals surface area contributed by atoms with Crippen LogP contribution in [0.4, 0.5) is 0 Å². The number of ether oxygens (including phenoxy) is 1. The largest absolute Gasteiger partial charge is 0.497 e. The van der Waals surface area contributed by atoms with Crippen molar-refractivity contribution in [3.05, 3.63) is 59.7 Å². The van der Waals surface area contributed by atoms with E-state index < -0.39 is 0 Å². The van der Waals surface area contributed by atoms with Crippen LogP contribution in [0.3, 0.4) is 0 Å². The van der Waals surface area contributed by atoms with Gasteiger partial charge in [0.2, 0.25) is 0 Å². The molecule has 0 saturated heterocycles. The summed E-state index contributed by atoms with van der Waals surface area (Å²) in [6, 6.07) is 7.83. The number of rotatable bonds is 2. The molecule has 0 bridgehead atoms. The van der Waals surface area contributed by atoms with E-state index in [1.54, 1.807) is 19.3 Å². The van der Waals surface area contributed by atoms with Gasteiger partial charge in [0.05, 0.1) is 7.11 Å². The molecule has 1 aliphatic carbocycles. The summed E-state index contributed by atoms with van der Waals surface area (Å²) in [5.74, 6) is 1.13. The van der Waals surface area contributed by atoms with E-state index in [1.165, 1.54) is 0 Å². The van der Waals surface area contributed by atoms with Gasteiger partial charge in [-0.2, -0.15) is 0 Å². The van der Waals surface area contributed by atoms with Crippen LogP contribution in [-0.2, 0) is 0 Å². The molecule has 0 saturated carbocycles. The standard InChI is InChI=1S/C14H12O2/c1-16-14-8-4-12(5-9-14)10-11-2-6-13(15)7-3-11/h2-10H,1H3/p+1. The summed E-state index contributed by atoms with van der Waals surface area (Å²) in [6.07, 6.45) is 9.14. The summed E-state index contributed by atoms with van der Waals surface area (Å²) in [6.45, 7) is 0. The third-order valence-electron chi connectivity index (χ3n) is 2.34. The molecular weight excluding hydrogens is 200 g/mol. The monoisotopic (exact) mass is 213 g/mol. The van der Waals surface area contributed by atoms with Crippen molar-refractivity contribution in [2.45, 2.75) is 0 Å². The van der Waals surface area contributed by atoms with E-state index in [0.717, 1.165) is 16.9 Å². The Labute approximate surface area is 94.6 Å². The molecule has 1 aromatic carbocycles. The van der Waals surface area contributed by atoms with Gasteiger partial charge in [-0.15, -0.1) is 0 Å². The number of methoxy groups -OCH3 is 1. The van der Waals surface area contributed by atoms with Crippen LogP contribution < -0.4 is 4.74 Å². The average Bonchev–Trinajstić information content (AvgIpc) is 2.33. The molecule has 2 heteroatoms. The molecule has 0 aromatic heterocycles. The molecule has 0 spiro atoms. The van der Waals surface area contributed by atoms with E-state index in [9.17, 15) is 0 Å². The fourth-order valence-corrected chi connectivity index (χ4v) is 1.46. The Morgan fingerprint density at radius 2 is 1.62 bits per heavy atom. The first-order chi connectivity index (χ1) is 7.78. The molecule has 0 amide bonds. The van der Waals surface area contributed by atoms with E-state index in [-0.39, 0.29) is 5.78 Å². The van der Waals surface area contributed by atoms with Gasteiger partial charge in [0, 0.05) is 12.2 Å². The molecule has 1 aliphatic rings. The van der Waals surface area contributed by atoms with Crippen molar-refractivity contribution in [2.24, 2.45) is 0 Å². The molecule has 2 nitrogen and oxygen atoms in total. The quantitative estimate of drug-likeness (QED) is 0.695. The Morgan fingerprint density at radius 3 is 2.19 bits per heavy atom. The maximum absolute atomic E-state index is 9.16. The molecule has 0 atom stereocenters. The zero-order chi connectivity index (χ0) is 11.4. The first-order valence-electron chi connectivity index (χ1n) is 5.06. The predicted molar refractivity (Wildman–Crippen MR) is 66.2 cm³/mol. The third-order valence-corrected chi connectivity index (χ3v) is 2.34. The van der Waals surface area contributed by atoms with Crippen molar-refractivity contribution in [3.8, 4) is 5.75 Å². The van der Waals surface area contributed by atoms with Crippen LogP contribution in [0.25, 0.3) is 6.08 Å². The second-order valence-corrected chi connectivity index (χ2v) is 3.51. The minimum atomic E-state index is 0.284. The van der Waals surface area contributed by atoms with Crippen molar-refractivity contribution in [3.63, 3.8) is 0 Å². The summed E-state index contributed by atoms with van der Waals surface area (Å²) in [5.41, 5.74) is 2.16. The second-order valence-electron chi connectivity index (χ2n) is 3.51. The lowest BCUT2D eigenvalue weighted by Gasteiger charge is -2.01. The molecule has 0 aliphatic heterocycles. The zero-order valence-corrected chi connectivity index (χ0v) is 9.05. The minimum absolute atomic E-state index is 0.284. The maximum Gasteiger partial charge on any atom is 0.340 e. The SMILES string of the molecule is COc1ccc(C=C2C=CC(=[OH+])C=C2)cc1. The number of carbonyl (C=O) groups excluding carboxylic acids is 1. The van der Waals surface area contributed by atoms with Crippen LogP contribution in [0.15, 0.2) is 54.1 Å². The van der Waals surface area contributed by atoms with Crippen LogP contribution in [0.2, 0.25) is 0 Å². The van der Waals surface area contributed by atoms with Crippen molar-refractivity contribution < 1.29 is 9.53 Å². The fraction of sp³-hybridized carbons (Fsp3) is 0.0714. The van der Waals surface area contributed by atoms with E-state index in [4.69, 9.17) is 9.53 Å². The number of ketones is 1. The predicted octanol–water partition coefficient (Wildman–Crippen LogP) is 2.75.